The van der Waals surface area contributed by atoms with E-state index in [0.29, 0.717) is 12.0 Å². The summed E-state index contributed by atoms with van der Waals surface area (Å²) in [6, 6.07) is 2.57. The Kier molecular flexibility index (Phi) is 3.59. The smallest absolute Gasteiger partial charge is 0.221 e. The third kappa shape index (κ3) is 2.43. The Morgan fingerprint density at radius 3 is 3.06 bits per heavy atom. The minimum Gasteiger partial charge on any atom is -0.368 e. The van der Waals surface area contributed by atoms with Crippen molar-refractivity contribution in [3.63, 3.8) is 0 Å². The number of hydrogen-bond donors (Lipinski definition) is 1. The molecule has 1 aliphatic heterocycles. The van der Waals surface area contributed by atoms with Crippen LogP contribution >= 0.6 is 0 Å². The Morgan fingerprint density at radius 2 is 2.31 bits per heavy atom. The monoisotopic (exact) mass is 220 g/mol. The first-order valence-corrected chi connectivity index (χ1v) is 6.16. The van der Waals surface area contributed by atoms with Crippen molar-refractivity contribution in [3.05, 3.63) is 12.3 Å². The predicted molar refractivity (Wildman–Crippen MR) is 66.3 cm³/mol. The summed E-state index contributed by atoms with van der Waals surface area (Å²) in [5.74, 6) is 1.36. The van der Waals surface area contributed by atoms with Gasteiger partial charge in [0.1, 0.15) is 5.82 Å². The van der Waals surface area contributed by atoms with Crippen molar-refractivity contribution in [3.8, 4) is 0 Å². The van der Waals surface area contributed by atoms with Gasteiger partial charge < -0.3 is 10.6 Å². The summed E-state index contributed by atoms with van der Waals surface area (Å²) in [6.07, 6.45) is 8.09. The topological polar surface area (TPSA) is 55.0 Å². The summed E-state index contributed by atoms with van der Waals surface area (Å²) in [5.41, 5.74) is 5.64. The van der Waals surface area contributed by atoms with Crippen LogP contribution in [0, 0.1) is 0 Å². The molecule has 0 amide bonds. The second-order valence-corrected chi connectivity index (χ2v) is 4.38. The SMILES string of the molecule is CCC1CCCCCN1c1ccnc(N)n1. The van der Waals surface area contributed by atoms with E-state index in [1.165, 1.54) is 32.1 Å². The normalized spacial score (nSPS) is 21.8. The quantitative estimate of drug-likeness (QED) is 0.830. The van der Waals surface area contributed by atoms with Crippen LogP contribution in [0.15, 0.2) is 12.3 Å². The Hall–Kier alpha value is -1.32. The van der Waals surface area contributed by atoms with Crippen LogP contribution in [0.25, 0.3) is 0 Å². The molecule has 1 unspecified atom stereocenters. The number of anilines is 2. The van der Waals surface area contributed by atoms with Crippen LogP contribution in [-0.4, -0.2) is 22.6 Å². The van der Waals surface area contributed by atoms with E-state index in [1.807, 2.05) is 6.07 Å². The number of rotatable bonds is 2. The number of nitrogen functional groups attached to an aromatic ring is 1. The average Bonchev–Trinajstić information content (AvgIpc) is 2.53. The van der Waals surface area contributed by atoms with E-state index in [9.17, 15) is 0 Å². The molecule has 1 fully saturated rings. The minimum atomic E-state index is 0.372. The summed E-state index contributed by atoms with van der Waals surface area (Å²) in [6.45, 7) is 3.34. The molecule has 1 aromatic heterocycles. The van der Waals surface area contributed by atoms with E-state index in [2.05, 4.69) is 21.8 Å². The summed E-state index contributed by atoms with van der Waals surface area (Å²) in [7, 11) is 0. The van der Waals surface area contributed by atoms with Gasteiger partial charge in [0, 0.05) is 18.8 Å². The number of hydrogen-bond acceptors (Lipinski definition) is 4. The van der Waals surface area contributed by atoms with Crippen molar-refractivity contribution in [2.45, 2.75) is 45.1 Å². The van der Waals surface area contributed by atoms with Crippen molar-refractivity contribution in [2.24, 2.45) is 0 Å². The Morgan fingerprint density at radius 1 is 1.44 bits per heavy atom. The van der Waals surface area contributed by atoms with Gasteiger partial charge in [0.2, 0.25) is 5.95 Å². The summed E-state index contributed by atoms with van der Waals surface area (Å²) < 4.78 is 0. The van der Waals surface area contributed by atoms with Gasteiger partial charge in [-0.05, 0) is 25.3 Å². The zero-order valence-corrected chi connectivity index (χ0v) is 9.89. The van der Waals surface area contributed by atoms with Gasteiger partial charge in [0.25, 0.3) is 0 Å². The van der Waals surface area contributed by atoms with Gasteiger partial charge >= 0.3 is 0 Å². The zero-order chi connectivity index (χ0) is 11.4. The van der Waals surface area contributed by atoms with Crippen LogP contribution in [0.5, 0.6) is 0 Å². The highest BCUT2D eigenvalue weighted by molar-refractivity contribution is 5.42. The molecule has 0 spiro atoms. The van der Waals surface area contributed by atoms with E-state index in [0.717, 1.165) is 12.4 Å². The standard InChI is InChI=1S/C12H20N4/c1-2-10-6-4-3-5-9-16(10)11-7-8-14-12(13)15-11/h7-8,10H,2-6,9H2,1H3,(H2,13,14,15). The first-order valence-electron chi connectivity index (χ1n) is 6.16. The second-order valence-electron chi connectivity index (χ2n) is 4.38. The molecule has 1 saturated heterocycles. The zero-order valence-electron chi connectivity index (χ0n) is 9.89. The van der Waals surface area contributed by atoms with Crippen LogP contribution in [0.3, 0.4) is 0 Å². The lowest BCUT2D eigenvalue weighted by molar-refractivity contribution is 0.552. The highest BCUT2D eigenvalue weighted by Crippen LogP contribution is 2.24. The van der Waals surface area contributed by atoms with Gasteiger partial charge in [0.05, 0.1) is 0 Å². The lowest BCUT2D eigenvalue weighted by Crippen LogP contribution is -2.35. The van der Waals surface area contributed by atoms with Crippen LogP contribution in [-0.2, 0) is 0 Å². The molecule has 0 aromatic carbocycles. The molecule has 4 nitrogen and oxygen atoms in total. The fourth-order valence-corrected chi connectivity index (χ4v) is 2.43. The van der Waals surface area contributed by atoms with Crippen molar-refractivity contribution in [2.75, 3.05) is 17.2 Å². The third-order valence-corrected chi connectivity index (χ3v) is 3.30. The first-order chi connectivity index (χ1) is 7.81. The van der Waals surface area contributed by atoms with E-state index in [1.54, 1.807) is 6.20 Å². The number of nitrogens with two attached hydrogens (primary N) is 1. The molecule has 88 valence electrons. The molecular formula is C12H20N4. The molecule has 0 radical (unpaired) electrons. The summed E-state index contributed by atoms with van der Waals surface area (Å²) in [4.78, 5) is 10.7. The van der Waals surface area contributed by atoms with E-state index in [4.69, 9.17) is 5.73 Å². The molecule has 2 N–H and O–H groups in total. The van der Waals surface area contributed by atoms with Crippen LogP contribution in [0.1, 0.15) is 39.0 Å². The van der Waals surface area contributed by atoms with Gasteiger partial charge in [-0.15, -0.1) is 0 Å². The maximum absolute atomic E-state index is 5.64. The van der Waals surface area contributed by atoms with Gasteiger partial charge in [0.15, 0.2) is 0 Å². The summed E-state index contributed by atoms with van der Waals surface area (Å²) in [5, 5.41) is 0. The second kappa shape index (κ2) is 5.14. The van der Waals surface area contributed by atoms with Crippen LogP contribution in [0.2, 0.25) is 0 Å². The van der Waals surface area contributed by atoms with Gasteiger partial charge in [-0.25, -0.2) is 4.98 Å². The maximum atomic E-state index is 5.64. The molecule has 0 aliphatic carbocycles. The molecule has 16 heavy (non-hydrogen) atoms. The summed E-state index contributed by atoms with van der Waals surface area (Å²) >= 11 is 0. The molecule has 1 aliphatic rings. The number of aromatic nitrogens is 2. The molecule has 1 aromatic rings. The highest BCUT2D eigenvalue weighted by atomic mass is 15.2. The van der Waals surface area contributed by atoms with Gasteiger partial charge in [-0.1, -0.05) is 19.8 Å². The molecular weight excluding hydrogens is 200 g/mol. The van der Waals surface area contributed by atoms with Crippen LogP contribution in [0.4, 0.5) is 11.8 Å². The predicted octanol–water partition coefficient (Wildman–Crippen LogP) is 2.22. The van der Waals surface area contributed by atoms with Crippen molar-refractivity contribution in [1.29, 1.82) is 0 Å². The largest absolute Gasteiger partial charge is 0.368 e. The highest BCUT2D eigenvalue weighted by Gasteiger charge is 2.20. The Labute approximate surface area is 96.9 Å². The molecule has 1 atom stereocenters. The molecule has 2 heterocycles. The van der Waals surface area contributed by atoms with Gasteiger partial charge in [-0.2, -0.15) is 4.98 Å². The van der Waals surface area contributed by atoms with Crippen molar-refractivity contribution in [1.82, 2.24) is 9.97 Å². The minimum absolute atomic E-state index is 0.372. The Bertz CT molecular complexity index is 340. The van der Waals surface area contributed by atoms with Gasteiger partial charge in [-0.3, -0.25) is 0 Å². The third-order valence-electron chi connectivity index (χ3n) is 3.30. The molecule has 0 bridgehead atoms. The van der Waals surface area contributed by atoms with E-state index >= 15 is 0 Å². The van der Waals surface area contributed by atoms with Crippen molar-refractivity contribution < 1.29 is 0 Å². The first kappa shape index (κ1) is 11.2. The molecule has 2 rings (SSSR count). The molecule has 0 saturated carbocycles. The fourth-order valence-electron chi connectivity index (χ4n) is 2.43. The maximum Gasteiger partial charge on any atom is 0.221 e. The fraction of sp³-hybridized carbons (Fsp3) is 0.667. The Balaban J connectivity index is 2.21. The lowest BCUT2D eigenvalue weighted by atomic mass is 10.1. The van der Waals surface area contributed by atoms with Crippen molar-refractivity contribution >= 4 is 11.8 Å². The average molecular weight is 220 g/mol. The van der Waals surface area contributed by atoms with E-state index < -0.39 is 0 Å². The molecule has 4 heteroatoms. The number of nitrogens with zero attached hydrogens (tertiary/aromatic N) is 3. The van der Waals surface area contributed by atoms with Crippen LogP contribution < -0.4 is 10.6 Å². The lowest BCUT2D eigenvalue weighted by Gasteiger charge is -2.30. The van der Waals surface area contributed by atoms with E-state index in [-0.39, 0.29) is 0 Å².